The average Bonchev–Trinajstić information content (AvgIpc) is 2.13. The number of aliphatic hydroxyl groups is 1. The normalized spacial score (nSPS) is 19.1. The van der Waals surface area contributed by atoms with Gasteiger partial charge in [-0.25, -0.2) is 16.8 Å². The predicted octanol–water partition coefficient (Wildman–Crippen LogP) is 0.694. The number of alkyl halides is 2. The molecular formula is C7H14Cl2O5S2. The van der Waals surface area contributed by atoms with Gasteiger partial charge in [0.15, 0.2) is 25.1 Å². The summed E-state index contributed by atoms with van der Waals surface area (Å²) in [6, 6.07) is 0. The van der Waals surface area contributed by atoms with Crippen LogP contribution in [0.2, 0.25) is 0 Å². The quantitative estimate of drug-likeness (QED) is 0.729. The van der Waals surface area contributed by atoms with E-state index in [1.165, 1.54) is 13.8 Å². The molecule has 0 bridgehead atoms. The molecule has 16 heavy (non-hydrogen) atoms. The van der Waals surface area contributed by atoms with Crippen molar-refractivity contribution in [3.63, 3.8) is 0 Å². The van der Waals surface area contributed by atoms with Gasteiger partial charge < -0.3 is 5.11 Å². The third-order valence-electron chi connectivity index (χ3n) is 1.98. The van der Waals surface area contributed by atoms with Crippen molar-refractivity contribution in [1.29, 1.82) is 0 Å². The molecule has 0 spiro atoms. The van der Waals surface area contributed by atoms with Crippen LogP contribution in [0.5, 0.6) is 0 Å². The molecule has 0 aliphatic heterocycles. The highest BCUT2D eigenvalue weighted by atomic mass is 35.5. The van der Waals surface area contributed by atoms with Crippen LogP contribution in [0.4, 0.5) is 0 Å². The fourth-order valence-electron chi connectivity index (χ4n) is 0.808. The minimum atomic E-state index is -3.91. The van der Waals surface area contributed by atoms with Gasteiger partial charge in [-0.3, -0.25) is 0 Å². The van der Waals surface area contributed by atoms with E-state index in [4.69, 9.17) is 23.2 Å². The number of halogens is 2. The molecule has 0 aliphatic rings. The van der Waals surface area contributed by atoms with Crippen LogP contribution in [0.3, 0.4) is 0 Å². The van der Waals surface area contributed by atoms with E-state index in [9.17, 15) is 21.9 Å². The van der Waals surface area contributed by atoms with Crippen molar-refractivity contribution in [1.82, 2.24) is 0 Å². The smallest absolute Gasteiger partial charge is 0.193 e. The van der Waals surface area contributed by atoms with Gasteiger partial charge in [-0.05, 0) is 13.8 Å². The zero-order valence-electron chi connectivity index (χ0n) is 8.80. The van der Waals surface area contributed by atoms with E-state index < -0.39 is 46.7 Å². The summed E-state index contributed by atoms with van der Waals surface area (Å²) in [7, 11) is -7.49. The van der Waals surface area contributed by atoms with E-state index >= 15 is 0 Å². The van der Waals surface area contributed by atoms with Gasteiger partial charge in [0.2, 0.25) is 0 Å². The van der Waals surface area contributed by atoms with Gasteiger partial charge in [-0.15, -0.1) is 23.2 Å². The summed E-state index contributed by atoms with van der Waals surface area (Å²) in [5, 5.41) is 9.31. The first-order valence-electron chi connectivity index (χ1n) is 4.42. The molecule has 0 unspecified atom stereocenters. The lowest BCUT2D eigenvalue weighted by Crippen LogP contribution is -2.30. The topological polar surface area (TPSA) is 88.5 Å². The van der Waals surface area contributed by atoms with Gasteiger partial charge >= 0.3 is 0 Å². The molecule has 5 nitrogen and oxygen atoms in total. The molecule has 0 aromatic rings. The zero-order valence-corrected chi connectivity index (χ0v) is 11.9. The maximum absolute atomic E-state index is 11.3. The van der Waals surface area contributed by atoms with E-state index in [-0.39, 0.29) is 0 Å². The van der Waals surface area contributed by atoms with E-state index in [0.717, 1.165) is 0 Å². The second kappa shape index (κ2) is 5.86. The molecule has 0 fully saturated rings. The maximum atomic E-state index is 11.3. The van der Waals surface area contributed by atoms with Gasteiger partial charge in [0.25, 0.3) is 0 Å². The standard InChI is InChI=1S/C7H14Cl2O5S2/c1-5(8)15(11,12)4-3-7(10)16(13,14)6(2)9/h5-7,10H,3-4H2,1-2H3/t5-,6-,7+/m1/s1. The SMILES string of the molecule is C[C@H](Cl)S(=O)(=O)CC[C@@H](O)S(=O)(=O)[C@H](C)Cl. The largest absolute Gasteiger partial charge is 0.377 e. The highest BCUT2D eigenvalue weighted by Crippen LogP contribution is 2.16. The second-order valence-electron chi connectivity index (χ2n) is 3.29. The first kappa shape index (κ1) is 16.4. The number of hydrogen-bond donors (Lipinski definition) is 1. The Hall–Kier alpha value is 0.440. The second-order valence-corrected chi connectivity index (χ2v) is 9.98. The third kappa shape index (κ3) is 4.37. The average molecular weight is 313 g/mol. The van der Waals surface area contributed by atoms with Crippen molar-refractivity contribution in [2.75, 3.05) is 5.75 Å². The monoisotopic (exact) mass is 312 g/mol. The van der Waals surface area contributed by atoms with Gasteiger partial charge in [-0.2, -0.15) is 0 Å². The lowest BCUT2D eigenvalue weighted by atomic mass is 10.5. The number of sulfone groups is 2. The molecular weight excluding hydrogens is 299 g/mol. The Morgan fingerprint density at radius 2 is 1.50 bits per heavy atom. The zero-order chi connectivity index (χ0) is 13.1. The number of aliphatic hydroxyl groups excluding tert-OH is 1. The van der Waals surface area contributed by atoms with Crippen LogP contribution < -0.4 is 0 Å². The Morgan fingerprint density at radius 3 is 1.81 bits per heavy atom. The maximum Gasteiger partial charge on any atom is 0.193 e. The lowest BCUT2D eigenvalue weighted by Gasteiger charge is -2.14. The molecule has 0 aliphatic carbocycles. The molecule has 0 saturated carbocycles. The summed E-state index contributed by atoms with van der Waals surface area (Å²) in [4.78, 5) is 0. The summed E-state index contributed by atoms with van der Waals surface area (Å²) in [6.07, 6.45) is -0.432. The fourth-order valence-corrected chi connectivity index (χ4v) is 3.34. The minimum Gasteiger partial charge on any atom is -0.377 e. The lowest BCUT2D eigenvalue weighted by molar-refractivity contribution is 0.245. The molecule has 1 N–H and O–H groups in total. The van der Waals surface area contributed by atoms with Crippen LogP contribution >= 0.6 is 23.2 Å². The van der Waals surface area contributed by atoms with Crippen LogP contribution in [-0.4, -0.2) is 42.5 Å². The summed E-state index contributed by atoms with van der Waals surface area (Å²) < 4.78 is 42.8. The van der Waals surface area contributed by atoms with E-state index in [1.807, 2.05) is 0 Å². The highest BCUT2D eigenvalue weighted by molar-refractivity contribution is 7.94. The fraction of sp³-hybridized carbons (Fsp3) is 1.00. The van der Waals surface area contributed by atoms with Crippen molar-refractivity contribution in [3.8, 4) is 0 Å². The molecule has 9 heteroatoms. The highest BCUT2D eigenvalue weighted by Gasteiger charge is 2.30. The van der Waals surface area contributed by atoms with Crippen LogP contribution in [0, 0.1) is 0 Å². The van der Waals surface area contributed by atoms with Gasteiger partial charge in [0.05, 0.1) is 5.75 Å². The minimum absolute atomic E-state index is 0.432. The van der Waals surface area contributed by atoms with E-state index in [2.05, 4.69) is 0 Å². The van der Waals surface area contributed by atoms with Crippen molar-refractivity contribution >= 4 is 42.9 Å². The Labute approximate surface area is 106 Å². The number of rotatable bonds is 6. The van der Waals surface area contributed by atoms with Gasteiger partial charge in [-0.1, -0.05) is 0 Å². The van der Waals surface area contributed by atoms with Crippen LogP contribution in [0.25, 0.3) is 0 Å². The molecule has 0 rings (SSSR count). The molecule has 0 heterocycles. The Bertz CT molecular complexity index is 412. The predicted molar refractivity (Wildman–Crippen MR) is 64.0 cm³/mol. The third-order valence-corrected chi connectivity index (χ3v) is 7.23. The number of hydrogen-bond acceptors (Lipinski definition) is 5. The Kier molecular flexibility index (Phi) is 6.02. The van der Waals surface area contributed by atoms with Gasteiger partial charge in [0.1, 0.15) is 9.42 Å². The molecule has 0 saturated heterocycles. The van der Waals surface area contributed by atoms with Gasteiger partial charge in [0, 0.05) is 6.42 Å². The van der Waals surface area contributed by atoms with E-state index in [0.29, 0.717) is 0 Å². The molecule has 0 radical (unpaired) electrons. The van der Waals surface area contributed by atoms with E-state index in [1.54, 1.807) is 0 Å². The molecule has 0 amide bonds. The molecule has 0 aromatic carbocycles. The summed E-state index contributed by atoms with van der Waals surface area (Å²) in [5.74, 6) is -0.498. The van der Waals surface area contributed by atoms with Crippen LogP contribution in [0.15, 0.2) is 0 Å². The summed E-state index contributed by atoms with van der Waals surface area (Å²) in [5.41, 5.74) is -1.79. The Morgan fingerprint density at radius 1 is 1.06 bits per heavy atom. The molecule has 3 atom stereocenters. The first-order chi connectivity index (χ1) is 7.01. The first-order valence-corrected chi connectivity index (χ1v) is 8.62. The Balaban J connectivity index is 4.58. The molecule has 0 aromatic heterocycles. The van der Waals surface area contributed by atoms with Crippen molar-refractivity contribution < 1.29 is 21.9 Å². The van der Waals surface area contributed by atoms with Crippen molar-refractivity contribution in [2.45, 2.75) is 35.1 Å². The summed E-state index contributed by atoms with van der Waals surface area (Å²) >= 11 is 10.7. The molecule has 98 valence electrons. The van der Waals surface area contributed by atoms with Crippen molar-refractivity contribution in [2.24, 2.45) is 0 Å². The van der Waals surface area contributed by atoms with Crippen molar-refractivity contribution in [3.05, 3.63) is 0 Å². The van der Waals surface area contributed by atoms with Crippen LogP contribution in [0.1, 0.15) is 20.3 Å². The summed E-state index contributed by atoms with van der Waals surface area (Å²) in [6.45, 7) is 2.46. The van der Waals surface area contributed by atoms with Crippen LogP contribution in [-0.2, 0) is 19.7 Å².